The third-order valence-electron chi connectivity index (χ3n) is 3.66. The maximum Gasteiger partial charge on any atom is 0.270 e. The van der Waals surface area contributed by atoms with Crippen molar-refractivity contribution in [1.82, 2.24) is 15.0 Å². The fourth-order valence-corrected chi connectivity index (χ4v) is 3.30. The van der Waals surface area contributed by atoms with E-state index < -0.39 is 4.92 Å². The van der Waals surface area contributed by atoms with E-state index in [1.54, 1.807) is 37.2 Å². The van der Waals surface area contributed by atoms with Gasteiger partial charge in [-0.25, -0.2) is 0 Å². The number of nitrogens with zero attached hydrogens (tertiary/aromatic N) is 6. The monoisotopic (exact) mass is 393 g/mol. The first kappa shape index (κ1) is 18.9. The van der Waals surface area contributed by atoms with E-state index in [1.165, 1.54) is 23.5 Å². The van der Waals surface area contributed by atoms with Gasteiger partial charge in [0.25, 0.3) is 5.69 Å². The van der Waals surface area contributed by atoms with Crippen LogP contribution in [0.3, 0.4) is 0 Å². The van der Waals surface area contributed by atoms with Gasteiger partial charge >= 0.3 is 0 Å². The van der Waals surface area contributed by atoms with E-state index in [9.17, 15) is 15.4 Å². The molecule has 2 aromatic heterocycles. The lowest BCUT2D eigenvalue weighted by Crippen LogP contribution is -2.15. The van der Waals surface area contributed by atoms with Crippen LogP contribution in [0.1, 0.15) is 10.7 Å². The zero-order valence-electron chi connectivity index (χ0n) is 15.0. The molecule has 3 rings (SSSR count). The Morgan fingerprint density at radius 1 is 1.29 bits per heavy atom. The zero-order chi connectivity index (χ0) is 20.3. The molecule has 0 amide bonds. The first-order chi connectivity index (χ1) is 13.4. The molecule has 3 aromatic rings. The van der Waals surface area contributed by atoms with E-state index in [-0.39, 0.29) is 23.0 Å². The number of aromatic nitrogens is 3. The van der Waals surface area contributed by atoms with Crippen molar-refractivity contribution in [2.24, 2.45) is 0 Å². The quantitative estimate of drug-likeness (QED) is 0.396. The molecule has 10 heteroatoms. The van der Waals surface area contributed by atoms with Gasteiger partial charge in [0, 0.05) is 36.0 Å². The number of nitrogen functional groups attached to an aromatic ring is 1. The van der Waals surface area contributed by atoms with E-state index in [1.807, 2.05) is 12.1 Å². The lowest BCUT2D eigenvalue weighted by molar-refractivity contribution is -0.384. The van der Waals surface area contributed by atoms with E-state index in [0.29, 0.717) is 5.95 Å². The molecule has 140 valence electrons. The average molecular weight is 393 g/mol. The van der Waals surface area contributed by atoms with Crippen LogP contribution in [0.15, 0.2) is 36.4 Å². The summed E-state index contributed by atoms with van der Waals surface area (Å²) in [6, 6.07) is 12.2. The van der Waals surface area contributed by atoms with Gasteiger partial charge in [-0.2, -0.15) is 20.2 Å². The summed E-state index contributed by atoms with van der Waals surface area (Å²) in [5, 5.41) is 20.5. The first-order valence-corrected chi connectivity index (χ1v) is 8.84. The summed E-state index contributed by atoms with van der Waals surface area (Å²) in [4.78, 5) is 26.1. The topological polar surface area (TPSA) is 135 Å². The third-order valence-corrected chi connectivity index (χ3v) is 4.74. The van der Waals surface area contributed by atoms with Crippen LogP contribution >= 0.6 is 11.3 Å². The molecule has 9 nitrogen and oxygen atoms in total. The van der Waals surface area contributed by atoms with Crippen LogP contribution < -0.4 is 10.6 Å². The second-order valence-electron chi connectivity index (χ2n) is 5.89. The first-order valence-electron chi connectivity index (χ1n) is 8.03. The molecule has 0 aliphatic rings. The minimum absolute atomic E-state index is 0.0255. The van der Waals surface area contributed by atoms with Crippen LogP contribution in [-0.2, 0) is 0 Å². The maximum atomic E-state index is 11.0. The van der Waals surface area contributed by atoms with Gasteiger partial charge in [0.05, 0.1) is 10.5 Å². The average Bonchev–Trinajstić information content (AvgIpc) is 3.14. The van der Waals surface area contributed by atoms with Crippen LogP contribution in [0.5, 0.6) is 0 Å². The molecule has 0 aliphatic heterocycles. The summed E-state index contributed by atoms with van der Waals surface area (Å²) in [6.07, 6.45) is 1.65. The molecule has 2 heterocycles. The van der Waals surface area contributed by atoms with E-state index in [4.69, 9.17) is 5.73 Å². The van der Waals surface area contributed by atoms with Crippen molar-refractivity contribution in [3.8, 4) is 16.5 Å². The third kappa shape index (κ3) is 4.11. The highest BCUT2D eigenvalue weighted by molar-refractivity contribution is 7.16. The number of allylic oxidation sites excluding steroid dienone is 1. The molecule has 0 saturated heterocycles. The number of thiophene rings is 1. The van der Waals surface area contributed by atoms with Crippen molar-refractivity contribution in [2.45, 2.75) is 0 Å². The van der Waals surface area contributed by atoms with Crippen LogP contribution in [0.25, 0.3) is 22.1 Å². The predicted octanol–water partition coefficient (Wildman–Crippen LogP) is 3.22. The minimum atomic E-state index is -0.431. The smallest absolute Gasteiger partial charge is 0.270 e. The van der Waals surface area contributed by atoms with Gasteiger partial charge in [-0.05, 0) is 23.8 Å². The van der Waals surface area contributed by atoms with Crippen LogP contribution in [0.2, 0.25) is 0 Å². The Bertz CT molecular complexity index is 1120. The molecular formula is C18H15N7O2S. The molecule has 2 N–H and O–H groups in total. The number of nitriles is 1. The molecule has 0 bridgehead atoms. The molecule has 0 atom stereocenters. The van der Waals surface area contributed by atoms with Crippen LogP contribution in [0.4, 0.5) is 17.6 Å². The summed E-state index contributed by atoms with van der Waals surface area (Å²) in [6.45, 7) is 0. The lowest BCUT2D eigenvalue weighted by Gasteiger charge is -2.10. The van der Waals surface area contributed by atoms with Crippen LogP contribution in [-0.4, -0.2) is 34.0 Å². The van der Waals surface area contributed by atoms with Crippen molar-refractivity contribution in [1.29, 1.82) is 5.26 Å². The molecule has 0 fully saturated rings. The van der Waals surface area contributed by atoms with Gasteiger partial charge in [-0.1, -0.05) is 12.1 Å². The van der Waals surface area contributed by atoms with E-state index >= 15 is 0 Å². The summed E-state index contributed by atoms with van der Waals surface area (Å²) in [5.74, 6) is 0.564. The molecule has 0 unspecified atom stereocenters. The highest BCUT2D eigenvalue weighted by atomic mass is 32.1. The van der Waals surface area contributed by atoms with E-state index in [0.717, 1.165) is 15.3 Å². The van der Waals surface area contributed by atoms with Gasteiger partial charge < -0.3 is 10.6 Å². The molecule has 1 aromatic carbocycles. The second kappa shape index (κ2) is 7.81. The highest BCUT2D eigenvalue weighted by Crippen LogP contribution is 2.32. The van der Waals surface area contributed by atoms with Gasteiger partial charge in [0.15, 0.2) is 5.82 Å². The summed E-state index contributed by atoms with van der Waals surface area (Å²) >= 11 is 1.40. The van der Waals surface area contributed by atoms with Crippen LogP contribution in [0, 0.1) is 21.4 Å². The van der Waals surface area contributed by atoms with E-state index in [2.05, 4.69) is 21.0 Å². The number of hydrogen-bond donors (Lipinski definition) is 1. The highest BCUT2D eigenvalue weighted by Gasteiger charge is 2.12. The lowest BCUT2D eigenvalue weighted by atomic mass is 10.1. The largest absolute Gasteiger partial charge is 0.368 e. The Hall–Kier alpha value is -3.84. The van der Waals surface area contributed by atoms with Gasteiger partial charge in [0.1, 0.15) is 6.07 Å². The summed E-state index contributed by atoms with van der Waals surface area (Å²) in [7, 11) is 3.53. The van der Waals surface area contributed by atoms with Crippen molar-refractivity contribution in [3.63, 3.8) is 0 Å². The number of benzene rings is 1. The minimum Gasteiger partial charge on any atom is -0.368 e. The fourth-order valence-electron chi connectivity index (χ4n) is 2.35. The number of anilines is 2. The molecule has 0 spiro atoms. The Morgan fingerprint density at radius 3 is 2.75 bits per heavy atom. The summed E-state index contributed by atoms with van der Waals surface area (Å²) < 4.78 is 0. The molecule has 0 radical (unpaired) electrons. The van der Waals surface area contributed by atoms with Gasteiger partial charge in [-0.3, -0.25) is 10.1 Å². The van der Waals surface area contributed by atoms with Gasteiger partial charge in [0.2, 0.25) is 11.9 Å². The number of non-ortho nitro benzene ring substituents is 1. The predicted molar refractivity (Wildman–Crippen MR) is 108 cm³/mol. The SMILES string of the molecule is CN(C)c1nc(N)nc(/C(C#N)=C/c2ccc(-c3cccc([N+](=O)[O-])c3)s2)n1. The Kier molecular flexibility index (Phi) is 5.28. The maximum absolute atomic E-state index is 11.0. The molecule has 0 saturated carbocycles. The number of hydrogen-bond acceptors (Lipinski definition) is 9. The standard InChI is InChI=1S/C18H15N7O2S/c1-24(2)18-22-16(21-17(20)23-18)12(10-19)9-14-6-7-15(28-14)11-4-3-5-13(8-11)25(26)27/h3-9H,1-2H3,(H2,20,21,22,23)/b12-9+. The zero-order valence-corrected chi connectivity index (χ0v) is 15.8. The van der Waals surface area contributed by atoms with Crippen molar-refractivity contribution < 1.29 is 4.92 Å². The number of nitro groups is 1. The van der Waals surface area contributed by atoms with Gasteiger partial charge in [-0.15, -0.1) is 11.3 Å². The Labute approximate surface area is 164 Å². The number of nitro benzene ring substituents is 1. The second-order valence-corrected chi connectivity index (χ2v) is 7.01. The van der Waals surface area contributed by atoms with Crippen molar-refractivity contribution in [3.05, 3.63) is 57.2 Å². The normalized spacial score (nSPS) is 11.1. The fraction of sp³-hybridized carbons (Fsp3) is 0.111. The Balaban J connectivity index is 1.97. The summed E-state index contributed by atoms with van der Waals surface area (Å²) in [5.41, 5.74) is 6.72. The molecular weight excluding hydrogens is 378 g/mol. The Morgan fingerprint density at radius 2 is 2.07 bits per heavy atom. The number of nitrogens with two attached hydrogens (primary N) is 1. The molecule has 28 heavy (non-hydrogen) atoms. The molecule has 0 aliphatic carbocycles. The number of rotatable bonds is 5. The van der Waals surface area contributed by atoms with Crippen molar-refractivity contribution >= 4 is 40.6 Å². The van der Waals surface area contributed by atoms with Crippen molar-refractivity contribution in [2.75, 3.05) is 24.7 Å².